The van der Waals surface area contributed by atoms with E-state index in [0.29, 0.717) is 29.4 Å². The highest BCUT2D eigenvalue weighted by atomic mass is 16.5. The average molecular weight is 340 g/mol. The number of carbonyl (C=O) groups is 1. The van der Waals surface area contributed by atoms with Crippen molar-refractivity contribution in [2.75, 3.05) is 14.2 Å². The molecule has 25 heavy (non-hydrogen) atoms. The van der Waals surface area contributed by atoms with Gasteiger partial charge in [-0.1, -0.05) is 12.1 Å². The molecule has 0 radical (unpaired) electrons. The van der Waals surface area contributed by atoms with Crippen LogP contribution in [-0.4, -0.2) is 26.2 Å². The van der Waals surface area contributed by atoms with Gasteiger partial charge in [0.05, 0.1) is 25.9 Å². The van der Waals surface area contributed by atoms with Crippen molar-refractivity contribution < 1.29 is 19.0 Å². The summed E-state index contributed by atoms with van der Waals surface area (Å²) in [6.45, 7) is 1.99. The van der Waals surface area contributed by atoms with E-state index in [4.69, 9.17) is 19.5 Å². The fourth-order valence-corrected chi connectivity index (χ4v) is 2.22. The molecule has 1 N–H and O–H groups in total. The fourth-order valence-electron chi connectivity index (χ4n) is 2.22. The predicted molar refractivity (Wildman–Crippen MR) is 92.6 cm³/mol. The van der Waals surface area contributed by atoms with Gasteiger partial charge in [0.25, 0.3) is 5.91 Å². The molecule has 2 aromatic carbocycles. The van der Waals surface area contributed by atoms with Crippen LogP contribution < -0.4 is 19.5 Å². The summed E-state index contributed by atoms with van der Waals surface area (Å²) >= 11 is 0. The molecule has 1 amide bonds. The monoisotopic (exact) mass is 340 g/mol. The first-order valence-electron chi connectivity index (χ1n) is 7.72. The molecular weight excluding hydrogens is 320 g/mol. The summed E-state index contributed by atoms with van der Waals surface area (Å²) in [4.78, 5) is 12.2. The van der Waals surface area contributed by atoms with Crippen molar-refractivity contribution in [3.05, 3.63) is 53.6 Å². The summed E-state index contributed by atoms with van der Waals surface area (Å²) in [5, 5.41) is 11.7. The first kappa shape index (κ1) is 18.1. The standard InChI is InChI=1S/C19H20N2O4/c1-13(25-16-6-4-5-14(9-16)11-20)19(22)21-12-15-7-8-17(23-2)18(10-15)24-3/h4-10,13H,12H2,1-3H3,(H,21,22). The normalized spacial score (nSPS) is 11.1. The molecule has 0 saturated heterocycles. The van der Waals surface area contributed by atoms with Gasteiger partial charge in [-0.25, -0.2) is 0 Å². The van der Waals surface area contributed by atoms with Crippen molar-refractivity contribution in [1.82, 2.24) is 5.32 Å². The van der Waals surface area contributed by atoms with Gasteiger partial charge in [-0.05, 0) is 42.8 Å². The molecule has 2 rings (SSSR count). The summed E-state index contributed by atoms with van der Waals surface area (Å²) in [5.74, 6) is 1.46. The first-order valence-corrected chi connectivity index (χ1v) is 7.72. The van der Waals surface area contributed by atoms with E-state index in [-0.39, 0.29) is 5.91 Å². The van der Waals surface area contributed by atoms with Crippen LogP contribution in [0.1, 0.15) is 18.1 Å². The van der Waals surface area contributed by atoms with E-state index in [9.17, 15) is 4.79 Å². The molecule has 0 fully saturated rings. The Morgan fingerprint density at radius 3 is 2.60 bits per heavy atom. The zero-order chi connectivity index (χ0) is 18.2. The van der Waals surface area contributed by atoms with Crippen LogP contribution in [0.25, 0.3) is 0 Å². The number of benzene rings is 2. The van der Waals surface area contributed by atoms with Crippen LogP contribution >= 0.6 is 0 Å². The zero-order valence-corrected chi connectivity index (χ0v) is 14.4. The van der Waals surface area contributed by atoms with Gasteiger partial charge in [0.1, 0.15) is 5.75 Å². The Labute approximate surface area is 146 Å². The van der Waals surface area contributed by atoms with Crippen LogP contribution in [0.3, 0.4) is 0 Å². The second kappa shape index (κ2) is 8.60. The molecule has 0 aromatic heterocycles. The predicted octanol–water partition coefficient (Wildman–Crippen LogP) is 2.66. The zero-order valence-electron chi connectivity index (χ0n) is 14.4. The number of hydrogen-bond donors (Lipinski definition) is 1. The van der Waals surface area contributed by atoms with Crippen molar-refractivity contribution in [2.24, 2.45) is 0 Å². The minimum Gasteiger partial charge on any atom is -0.493 e. The molecule has 1 atom stereocenters. The van der Waals surface area contributed by atoms with E-state index in [0.717, 1.165) is 5.56 Å². The maximum atomic E-state index is 12.2. The van der Waals surface area contributed by atoms with Gasteiger partial charge in [0.2, 0.25) is 0 Å². The Kier molecular flexibility index (Phi) is 6.24. The lowest BCUT2D eigenvalue weighted by molar-refractivity contribution is -0.127. The highest BCUT2D eigenvalue weighted by Gasteiger charge is 2.15. The van der Waals surface area contributed by atoms with Crippen LogP contribution in [0.4, 0.5) is 0 Å². The van der Waals surface area contributed by atoms with Crippen LogP contribution in [0.5, 0.6) is 17.2 Å². The number of nitriles is 1. The Hall–Kier alpha value is -3.20. The minimum atomic E-state index is -0.686. The Morgan fingerprint density at radius 2 is 1.92 bits per heavy atom. The summed E-state index contributed by atoms with van der Waals surface area (Å²) < 4.78 is 16.0. The lowest BCUT2D eigenvalue weighted by Gasteiger charge is -2.15. The van der Waals surface area contributed by atoms with Gasteiger partial charge in [0, 0.05) is 6.54 Å². The van der Waals surface area contributed by atoms with Gasteiger partial charge in [-0.2, -0.15) is 5.26 Å². The van der Waals surface area contributed by atoms with E-state index >= 15 is 0 Å². The molecule has 0 aliphatic heterocycles. The number of methoxy groups -OCH3 is 2. The SMILES string of the molecule is COc1ccc(CNC(=O)C(C)Oc2cccc(C#N)c2)cc1OC. The Balaban J connectivity index is 1.94. The van der Waals surface area contributed by atoms with Gasteiger partial charge in [-0.3, -0.25) is 4.79 Å². The summed E-state index contributed by atoms with van der Waals surface area (Å²) in [5.41, 5.74) is 1.36. The van der Waals surface area contributed by atoms with Crippen LogP contribution in [0.2, 0.25) is 0 Å². The third-order valence-electron chi connectivity index (χ3n) is 3.56. The van der Waals surface area contributed by atoms with Gasteiger partial charge in [0.15, 0.2) is 17.6 Å². The van der Waals surface area contributed by atoms with E-state index < -0.39 is 6.10 Å². The van der Waals surface area contributed by atoms with Crippen molar-refractivity contribution in [1.29, 1.82) is 5.26 Å². The van der Waals surface area contributed by atoms with Gasteiger partial charge >= 0.3 is 0 Å². The van der Waals surface area contributed by atoms with Crippen LogP contribution in [0, 0.1) is 11.3 Å². The number of amides is 1. The maximum Gasteiger partial charge on any atom is 0.261 e. The summed E-state index contributed by atoms with van der Waals surface area (Å²) in [6.07, 6.45) is -0.686. The molecule has 6 nitrogen and oxygen atoms in total. The van der Waals surface area contributed by atoms with Gasteiger partial charge < -0.3 is 19.5 Å². The van der Waals surface area contributed by atoms with Crippen molar-refractivity contribution in [3.63, 3.8) is 0 Å². The molecule has 0 bridgehead atoms. The third kappa shape index (κ3) is 4.88. The maximum absolute atomic E-state index is 12.2. The van der Waals surface area contributed by atoms with Crippen molar-refractivity contribution >= 4 is 5.91 Å². The van der Waals surface area contributed by atoms with Crippen molar-refractivity contribution in [3.8, 4) is 23.3 Å². The van der Waals surface area contributed by atoms with Crippen LogP contribution in [-0.2, 0) is 11.3 Å². The average Bonchev–Trinajstić information content (AvgIpc) is 2.65. The van der Waals surface area contributed by atoms with E-state index in [1.54, 1.807) is 57.5 Å². The molecule has 0 aliphatic rings. The first-order chi connectivity index (χ1) is 12.1. The third-order valence-corrected chi connectivity index (χ3v) is 3.56. The Bertz CT molecular complexity index is 783. The van der Waals surface area contributed by atoms with Crippen LogP contribution in [0.15, 0.2) is 42.5 Å². The molecule has 130 valence electrons. The highest BCUT2D eigenvalue weighted by Crippen LogP contribution is 2.27. The number of carbonyl (C=O) groups excluding carboxylic acids is 1. The smallest absolute Gasteiger partial charge is 0.261 e. The van der Waals surface area contributed by atoms with E-state index in [1.165, 1.54) is 0 Å². The number of rotatable bonds is 7. The lowest BCUT2D eigenvalue weighted by Crippen LogP contribution is -2.35. The second-order valence-corrected chi connectivity index (χ2v) is 5.31. The second-order valence-electron chi connectivity index (χ2n) is 5.31. The number of nitrogens with zero attached hydrogens (tertiary/aromatic N) is 1. The molecule has 2 aromatic rings. The molecule has 0 heterocycles. The molecule has 1 unspecified atom stereocenters. The fraction of sp³-hybridized carbons (Fsp3) is 0.263. The highest BCUT2D eigenvalue weighted by molar-refractivity contribution is 5.80. The largest absolute Gasteiger partial charge is 0.493 e. The molecule has 0 aliphatic carbocycles. The topological polar surface area (TPSA) is 80.6 Å². The molecule has 0 spiro atoms. The minimum absolute atomic E-state index is 0.253. The number of nitrogens with one attached hydrogen (secondary N) is 1. The summed E-state index contributed by atoms with van der Waals surface area (Å²) in [6, 6.07) is 14.2. The van der Waals surface area contributed by atoms with Crippen molar-refractivity contribution in [2.45, 2.75) is 19.6 Å². The van der Waals surface area contributed by atoms with E-state index in [2.05, 4.69) is 5.32 Å². The number of ether oxygens (including phenoxy) is 3. The summed E-state index contributed by atoms with van der Waals surface area (Å²) in [7, 11) is 3.13. The lowest BCUT2D eigenvalue weighted by atomic mass is 10.2. The van der Waals surface area contributed by atoms with Gasteiger partial charge in [-0.15, -0.1) is 0 Å². The molecule has 6 heteroatoms. The Morgan fingerprint density at radius 1 is 1.16 bits per heavy atom. The molecule has 0 saturated carbocycles. The quantitative estimate of drug-likeness (QED) is 0.838. The van der Waals surface area contributed by atoms with E-state index in [1.807, 2.05) is 12.1 Å². The number of hydrogen-bond acceptors (Lipinski definition) is 5. The molecular formula is C19H20N2O4.